The van der Waals surface area contributed by atoms with Crippen LogP contribution in [0.1, 0.15) is 27.7 Å². The van der Waals surface area contributed by atoms with Gasteiger partial charge >= 0.3 is 0 Å². The predicted molar refractivity (Wildman–Crippen MR) is 64.6 cm³/mol. The maximum Gasteiger partial charge on any atom is 0.0760 e. The monoisotopic (exact) mass is 297 g/mol. The fraction of sp³-hybridized carbons (Fsp3) is 1.00. The number of ether oxygens (including phenoxy) is 1. The molecule has 13 heavy (non-hydrogen) atoms. The molecule has 0 saturated carbocycles. The zero-order valence-electron chi connectivity index (χ0n) is 9.06. The summed E-state index contributed by atoms with van der Waals surface area (Å²) in [5, 5.41) is 0. The lowest BCUT2D eigenvalue weighted by Gasteiger charge is -2.47. The van der Waals surface area contributed by atoms with Crippen molar-refractivity contribution in [3.05, 3.63) is 0 Å². The van der Waals surface area contributed by atoms with Crippen LogP contribution in [0.3, 0.4) is 0 Å². The topological polar surface area (TPSA) is 12.5 Å². The molecule has 0 aromatic carbocycles. The van der Waals surface area contributed by atoms with E-state index in [9.17, 15) is 0 Å². The smallest absolute Gasteiger partial charge is 0.0760 e. The molecule has 1 heterocycles. The Kier molecular flexibility index (Phi) is 3.63. The van der Waals surface area contributed by atoms with Crippen molar-refractivity contribution < 1.29 is 4.74 Å². The van der Waals surface area contributed by atoms with Crippen LogP contribution in [0, 0.1) is 0 Å². The molecule has 0 spiro atoms. The normalized spacial score (nSPS) is 27.5. The van der Waals surface area contributed by atoms with E-state index in [2.05, 4.69) is 55.2 Å². The lowest BCUT2D eigenvalue weighted by molar-refractivity contribution is -0.179. The quantitative estimate of drug-likeness (QED) is 0.573. The Morgan fingerprint density at radius 3 is 2.00 bits per heavy atom. The van der Waals surface area contributed by atoms with Crippen LogP contribution in [0.4, 0.5) is 0 Å². The van der Waals surface area contributed by atoms with Gasteiger partial charge in [-0.05, 0) is 27.7 Å². The molecule has 1 fully saturated rings. The van der Waals surface area contributed by atoms with E-state index in [1.54, 1.807) is 0 Å². The van der Waals surface area contributed by atoms with E-state index in [0.29, 0.717) is 0 Å². The number of hydrogen-bond donors (Lipinski definition) is 0. The van der Waals surface area contributed by atoms with Crippen LogP contribution in [0.25, 0.3) is 0 Å². The first-order valence-electron chi connectivity index (χ1n) is 4.83. The summed E-state index contributed by atoms with van der Waals surface area (Å²) in [6.45, 7) is 12.0. The molecular formula is C10H20INO. The van der Waals surface area contributed by atoms with Crippen molar-refractivity contribution in [3.63, 3.8) is 0 Å². The Labute approximate surface area is 95.2 Å². The largest absolute Gasteiger partial charge is 0.367 e. The fourth-order valence-electron chi connectivity index (χ4n) is 2.22. The summed E-state index contributed by atoms with van der Waals surface area (Å²) in [7, 11) is 0. The standard InChI is InChI=1S/C10H20INO/c1-9(2)7-12(6-5-11)8-10(3,4)13-9/h5-8H2,1-4H3. The number of rotatable bonds is 2. The Hall–Kier alpha value is 0.650. The van der Waals surface area contributed by atoms with E-state index in [1.165, 1.54) is 11.0 Å². The van der Waals surface area contributed by atoms with E-state index in [4.69, 9.17) is 4.74 Å². The minimum Gasteiger partial charge on any atom is -0.367 e. The predicted octanol–water partition coefficient (Wildman–Crippen LogP) is 2.31. The van der Waals surface area contributed by atoms with Gasteiger partial charge in [0.1, 0.15) is 0 Å². The first kappa shape index (κ1) is 11.7. The van der Waals surface area contributed by atoms with E-state index in [1.807, 2.05) is 0 Å². The maximum absolute atomic E-state index is 5.99. The van der Waals surface area contributed by atoms with Gasteiger partial charge in [0.2, 0.25) is 0 Å². The third kappa shape index (κ3) is 3.72. The molecule has 1 aliphatic heterocycles. The molecule has 0 bridgehead atoms. The molecule has 0 unspecified atom stereocenters. The molecule has 0 aliphatic carbocycles. The van der Waals surface area contributed by atoms with Gasteiger partial charge in [0.05, 0.1) is 11.2 Å². The van der Waals surface area contributed by atoms with Crippen LogP contribution < -0.4 is 0 Å². The van der Waals surface area contributed by atoms with E-state index >= 15 is 0 Å². The van der Waals surface area contributed by atoms with Crippen molar-refractivity contribution in [1.82, 2.24) is 4.90 Å². The molecule has 1 aliphatic rings. The van der Waals surface area contributed by atoms with Gasteiger partial charge in [0.15, 0.2) is 0 Å². The van der Waals surface area contributed by atoms with Gasteiger partial charge in [0, 0.05) is 24.1 Å². The van der Waals surface area contributed by atoms with Crippen LogP contribution in [-0.4, -0.2) is 40.2 Å². The average molecular weight is 297 g/mol. The third-order valence-electron chi connectivity index (χ3n) is 2.16. The SMILES string of the molecule is CC1(C)CN(CCI)CC(C)(C)O1. The Balaban J connectivity index is 2.61. The lowest BCUT2D eigenvalue weighted by Crippen LogP contribution is -2.57. The van der Waals surface area contributed by atoms with Crippen LogP contribution in [0.2, 0.25) is 0 Å². The fourth-order valence-corrected chi connectivity index (χ4v) is 2.91. The number of halogens is 1. The van der Waals surface area contributed by atoms with Gasteiger partial charge in [-0.15, -0.1) is 0 Å². The second-order valence-electron chi connectivity index (χ2n) is 5.02. The molecule has 1 rings (SSSR count). The maximum atomic E-state index is 5.99. The summed E-state index contributed by atoms with van der Waals surface area (Å²) in [5.41, 5.74) is 0.0150. The molecule has 3 heteroatoms. The Bertz CT molecular complexity index is 164. The van der Waals surface area contributed by atoms with Crippen molar-refractivity contribution in [2.75, 3.05) is 24.1 Å². The van der Waals surface area contributed by atoms with Crippen molar-refractivity contribution in [3.8, 4) is 0 Å². The molecule has 0 amide bonds. The molecular weight excluding hydrogens is 277 g/mol. The van der Waals surface area contributed by atoms with Gasteiger partial charge in [0.25, 0.3) is 0 Å². The Morgan fingerprint density at radius 2 is 1.62 bits per heavy atom. The summed E-state index contributed by atoms with van der Waals surface area (Å²) in [4.78, 5) is 2.50. The van der Waals surface area contributed by atoms with Crippen LogP contribution >= 0.6 is 22.6 Å². The third-order valence-corrected chi connectivity index (χ3v) is 2.64. The van der Waals surface area contributed by atoms with Crippen LogP contribution in [0.15, 0.2) is 0 Å². The number of morpholine rings is 1. The van der Waals surface area contributed by atoms with Gasteiger partial charge in [-0.1, -0.05) is 22.6 Å². The summed E-state index contributed by atoms with van der Waals surface area (Å²) in [6.07, 6.45) is 0. The minimum absolute atomic E-state index is 0.00750. The summed E-state index contributed by atoms with van der Waals surface area (Å²) in [6, 6.07) is 0. The van der Waals surface area contributed by atoms with Crippen molar-refractivity contribution >= 4 is 22.6 Å². The molecule has 0 atom stereocenters. The Morgan fingerprint density at radius 1 is 1.15 bits per heavy atom. The summed E-state index contributed by atoms with van der Waals surface area (Å²) < 4.78 is 7.19. The second kappa shape index (κ2) is 4.03. The number of alkyl halides is 1. The first-order valence-corrected chi connectivity index (χ1v) is 6.36. The van der Waals surface area contributed by atoms with Gasteiger partial charge in [-0.2, -0.15) is 0 Å². The highest BCUT2D eigenvalue weighted by molar-refractivity contribution is 14.1. The van der Waals surface area contributed by atoms with Crippen molar-refractivity contribution in [2.24, 2.45) is 0 Å². The highest BCUT2D eigenvalue weighted by atomic mass is 127. The summed E-state index contributed by atoms with van der Waals surface area (Å²) in [5.74, 6) is 0. The molecule has 1 saturated heterocycles. The molecule has 0 aromatic heterocycles. The van der Waals surface area contributed by atoms with E-state index in [0.717, 1.165) is 13.1 Å². The zero-order valence-corrected chi connectivity index (χ0v) is 11.2. The van der Waals surface area contributed by atoms with Gasteiger partial charge < -0.3 is 4.74 Å². The first-order chi connectivity index (χ1) is 5.85. The van der Waals surface area contributed by atoms with Gasteiger partial charge in [-0.3, -0.25) is 4.90 Å². The number of nitrogens with zero attached hydrogens (tertiary/aromatic N) is 1. The van der Waals surface area contributed by atoms with E-state index in [-0.39, 0.29) is 11.2 Å². The highest BCUT2D eigenvalue weighted by Crippen LogP contribution is 2.27. The minimum atomic E-state index is 0.00750. The van der Waals surface area contributed by atoms with E-state index < -0.39 is 0 Å². The van der Waals surface area contributed by atoms with Gasteiger partial charge in [-0.25, -0.2) is 0 Å². The molecule has 78 valence electrons. The molecule has 0 N–H and O–H groups in total. The molecule has 0 radical (unpaired) electrons. The van der Waals surface area contributed by atoms with Crippen LogP contribution in [-0.2, 0) is 4.74 Å². The molecule has 2 nitrogen and oxygen atoms in total. The highest BCUT2D eigenvalue weighted by Gasteiger charge is 2.37. The molecule has 0 aromatic rings. The van der Waals surface area contributed by atoms with Crippen molar-refractivity contribution in [2.45, 2.75) is 38.9 Å². The second-order valence-corrected chi connectivity index (χ2v) is 6.10. The number of hydrogen-bond acceptors (Lipinski definition) is 2. The van der Waals surface area contributed by atoms with Crippen LogP contribution in [0.5, 0.6) is 0 Å². The summed E-state index contributed by atoms with van der Waals surface area (Å²) >= 11 is 2.43. The lowest BCUT2D eigenvalue weighted by atomic mass is 9.99. The zero-order chi connectivity index (χ0) is 10.1. The average Bonchev–Trinajstić information content (AvgIpc) is 1.78. The van der Waals surface area contributed by atoms with Crippen molar-refractivity contribution in [1.29, 1.82) is 0 Å².